The predicted octanol–water partition coefficient (Wildman–Crippen LogP) is 23.0. The van der Waals surface area contributed by atoms with Crippen LogP contribution in [-0.4, -0.2) is 11.2 Å². The van der Waals surface area contributed by atoms with Crippen molar-refractivity contribution in [3.8, 4) is 55.9 Å². The van der Waals surface area contributed by atoms with Crippen molar-refractivity contribution in [1.29, 1.82) is 0 Å². The SMILES string of the molecule is C=Cc1ccc(OCCCCCCCCC2(c3ccccc3)c3ccccc3-c3ccc(N(c4ccccc4)c4ccc(-c5ccc6c(c5)c5cc(-c7ccc(C(C)(C)C)cc7)ccc5n6-c5ccc(-c6ccc(C=C)cc6)cc5)cc4)cc32)cc1. The standard InChI is InChI=1S/C83H74N2O/c1-6-59-28-32-61(33-29-59)62-36-46-71(47-37-62)85-80-52-40-65(63-34-42-67(43-35-63)82(3,4)5)56-76(80)77-57-66(41-53-81(77)85)64-38-44-70(45-39-64)84(69-24-16-13-17-25-69)72-48-51-75-74-26-18-19-27-78(74)83(79(75)58-72,68-22-14-12-15-23-68)54-20-10-8-9-11-21-55-86-73-49-30-60(7-2)31-50-73/h6-7,12-19,22-53,56-58H,1-2,8-11,20-21,54-55H2,3-5H3. The molecule has 13 rings (SSSR count). The van der Waals surface area contributed by atoms with Gasteiger partial charge < -0.3 is 14.2 Å². The average molecular weight is 1120 g/mol. The van der Waals surface area contributed by atoms with Gasteiger partial charge in [-0.2, -0.15) is 0 Å². The van der Waals surface area contributed by atoms with Gasteiger partial charge in [0.05, 0.1) is 17.6 Å². The van der Waals surface area contributed by atoms with Crippen molar-refractivity contribution >= 4 is 51.0 Å². The van der Waals surface area contributed by atoms with E-state index in [0.717, 1.165) is 65.5 Å². The third-order valence-electron chi connectivity index (χ3n) is 17.9. The van der Waals surface area contributed by atoms with Gasteiger partial charge in [0.2, 0.25) is 0 Å². The summed E-state index contributed by atoms with van der Waals surface area (Å²) in [4.78, 5) is 2.44. The summed E-state index contributed by atoms with van der Waals surface area (Å²) in [6, 6.07) is 96.8. The van der Waals surface area contributed by atoms with Crippen LogP contribution in [0.2, 0.25) is 0 Å². The van der Waals surface area contributed by atoms with Crippen LogP contribution in [0.15, 0.2) is 274 Å². The van der Waals surface area contributed by atoms with E-state index in [1.54, 1.807) is 0 Å². The van der Waals surface area contributed by atoms with Crippen LogP contribution in [-0.2, 0) is 10.8 Å². The maximum Gasteiger partial charge on any atom is 0.119 e. The Morgan fingerprint density at radius 3 is 1.51 bits per heavy atom. The van der Waals surface area contributed by atoms with Crippen LogP contribution in [0.1, 0.15) is 99.1 Å². The number of nitrogens with zero attached hydrogens (tertiary/aromatic N) is 2. The summed E-state index contributed by atoms with van der Waals surface area (Å²) in [5.74, 6) is 0.927. The number of hydrogen-bond donors (Lipinski definition) is 0. The van der Waals surface area contributed by atoms with Gasteiger partial charge in [-0.15, -0.1) is 0 Å². The molecule has 0 spiro atoms. The van der Waals surface area contributed by atoms with E-state index in [1.807, 2.05) is 24.3 Å². The second kappa shape index (κ2) is 24.1. The first-order chi connectivity index (χ1) is 42.2. The predicted molar refractivity (Wildman–Crippen MR) is 367 cm³/mol. The van der Waals surface area contributed by atoms with Crippen molar-refractivity contribution in [2.75, 3.05) is 11.5 Å². The molecule has 86 heavy (non-hydrogen) atoms. The molecule has 422 valence electrons. The van der Waals surface area contributed by atoms with Gasteiger partial charge >= 0.3 is 0 Å². The fourth-order valence-corrected chi connectivity index (χ4v) is 13.3. The normalized spacial score (nSPS) is 13.6. The Bertz CT molecular complexity index is 4340. The molecular formula is C83H74N2O. The van der Waals surface area contributed by atoms with Crippen LogP contribution in [0, 0.1) is 0 Å². The van der Waals surface area contributed by atoms with Gasteiger partial charge in [0.15, 0.2) is 0 Å². The zero-order valence-electron chi connectivity index (χ0n) is 49.9. The molecule has 0 N–H and O–H groups in total. The lowest BCUT2D eigenvalue weighted by Crippen LogP contribution is -2.27. The molecular weight excluding hydrogens is 1040 g/mol. The third kappa shape index (κ3) is 10.9. The summed E-state index contributed by atoms with van der Waals surface area (Å²) < 4.78 is 8.50. The summed E-state index contributed by atoms with van der Waals surface area (Å²) in [6.07, 6.45) is 11.7. The van der Waals surface area contributed by atoms with Gasteiger partial charge in [-0.25, -0.2) is 0 Å². The van der Waals surface area contributed by atoms with Gasteiger partial charge in [0.25, 0.3) is 0 Å². The largest absolute Gasteiger partial charge is 0.494 e. The molecule has 3 heteroatoms. The number of fused-ring (bicyclic) bond motifs is 6. The van der Waals surface area contributed by atoms with Crippen molar-refractivity contribution in [2.45, 2.75) is 76.5 Å². The third-order valence-corrected chi connectivity index (χ3v) is 17.9. The highest BCUT2D eigenvalue weighted by Gasteiger charge is 2.44. The first kappa shape index (κ1) is 55.5. The van der Waals surface area contributed by atoms with E-state index in [-0.39, 0.29) is 10.8 Å². The van der Waals surface area contributed by atoms with Crippen molar-refractivity contribution in [3.05, 3.63) is 307 Å². The first-order valence-corrected chi connectivity index (χ1v) is 30.8. The van der Waals surface area contributed by atoms with Crippen molar-refractivity contribution in [1.82, 2.24) is 4.57 Å². The highest BCUT2D eigenvalue weighted by atomic mass is 16.5. The van der Waals surface area contributed by atoms with Gasteiger partial charge in [0, 0.05) is 38.9 Å². The highest BCUT2D eigenvalue weighted by Crippen LogP contribution is 2.56. The quantitative estimate of drug-likeness (QED) is 0.0708. The maximum absolute atomic E-state index is 6.07. The molecule has 0 bridgehead atoms. The molecule has 1 aromatic heterocycles. The Morgan fingerprint density at radius 2 is 0.895 bits per heavy atom. The van der Waals surface area contributed by atoms with E-state index in [1.165, 1.54) is 114 Å². The molecule has 12 aromatic rings. The number of aromatic nitrogens is 1. The van der Waals surface area contributed by atoms with Gasteiger partial charge in [-0.3, -0.25) is 0 Å². The summed E-state index contributed by atoms with van der Waals surface area (Å²) in [5, 5.41) is 2.45. The Hall–Kier alpha value is -9.70. The van der Waals surface area contributed by atoms with E-state index in [9.17, 15) is 0 Å². The Kier molecular flexibility index (Phi) is 15.6. The fourth-order valence-electron chi connectivity index (χ4n) is 13.3. The maximum atomic E-state index is 6.07. The van der Waals surface area contributed by atoms with E-state index >= 15 is 0 Å². The lowest BCUT2D eigenvalue weighted by molar-refractivity contribution is 0.304. The fraction of sp³-hybridized carbons (Fsp3) is 0.157. The lowest BCUT2D eigenvalue weighted by atomic mass is 9.69. The van der Waals surface area contributed by atoms with Crippen molar-refractivity contribution in [3.63, 3.8) is 0 Å². The zero-order chi connectivity index (χ0) is 58.6. The van der Waals surface area contributed by atoms with E-state index in [0.29, 0.717) is 0 Å². The molecule has 1 atom stereocenters. The summed E-state index contributed by atoms with van der Waals surface area (Å²) in [7, 11) is 0. The van der Waals surface area contributed by atoms with Crippen molar-refractivity contribution in [2.24, 2.45) is 0 Å². The van der Waals surface area contributed by atoms with Crippen LogP contribution in [0.3, 0.4) is 0 Å². The van der Waals surface area contributed by atoms with Gasteiger partial charge in [-0.1, -0.05) is 254 Å². The van der Waals surface area contributed by atoms with Crippen LogP contribution < -0.4 is 9.64 Å². The Balaban J connectivity index is 0.823. The van der Waals surface area contributed by atoms with Gasteiger partial charge in [-0.05, 0) is 181 Å². The van der Waals surface area contributed by atoms with E-state index in [2.05, 4.69) is 292 Å². The molecule has 0 aliphatic heterocycles. The minimum Gasteiger partial charge on any atom is -0.494 e. The number of anilines is 3. The molecule has 1 unspecified atom stereocenters. The highest BCUT2D eigenvalue weighted by molar-refractivity contribution is 6.11. The first-order valence-electron chi connectivity index (χ1n) is 30.8. The number of hydrogen-bond acceptors (Lipinski definition) is 2. The molecule has 3 nitrogen and oxygen atoms in total. The molecule has 0 radical (unpaired) electrons. The molecule has 0 amide bonds. The molecule has 11 aromatic carbocycles. The summed E-state index contributed by atoms with van der Waals surface area (Å²) in [5.41, 5.74) is 24.1. The Labute approximate surface area is 508 Å². The van der Waals surface area contributed by atoms with Crippen molar-refractivity contribution < 1.29 is 4.74 Å². The minimum absolute atomic E-state index is 0.0813. The number of unbranched alkanes of at least 4 members (excludes halogenated alkanes) is 5. The van der Waals surface area contributed by atoms with Gasteiger partial charge in [0.1, 0.15) is 5.75 Å². The second-order valence-electron chi connectivity index (χ2n) is 24.3. The zero-order valence-corrected chi connectivity index (χ0v) is 49.9. The second-order valence-corrected chi connectivity index (χ2v) is 24.3. The molecule has 0 saturated heterocycles. The van der Waals surface area contributed by atoms with Crippen LogP contribution in [0.25, 0.3) is 84.2 Å². The molecule has 0 saturated carbocycles. The molecule has 1 aliphatic carbocycles. The minimum atomic E-state index is -0.300. The number of benzene rings is 11. The topological polar surface area (TPSA) is 17.4 Å². The Morgan fingerprint density at radius 1 is 0.419 bits per heavy atom. The number of rotatable bonds is 20. The molecule has 1 heterocycles. The summed E-state index contributed by atoms with van der Waals surface area (Å²) >= 11 is 0. The molecule has 0 fully saturated rings. The average Bonchev–Trinajstić information content (AvgIpc) is 1.65. The number of para-hydroxylation sites is 1. The van der Waals surface area contributed by atoms with Crippen LogP contribution >= 0.6 is 0 Å². The van der Waals surface area contributed by atoms with E-state index < -0.39 is 0 Å². The lowest BCUT2D eigenvalue weighted by Gasteiger charge is -2.34. The smallest absolute Gasteiger partial charge is 0.119 e. The van der Waals surface area contributed by atoms with E-state index in [4.69, 9.17) is 4.74 Å². The van der Waals surface area contributed by atoms with Crippen LogP contribution in [0.5, 0.6) is 5.75 Å². The number of ether oxygens (including phenoxy) is 1. The molecule has 1 aliphatic rings. The summed E-state index contributed by atoms with van der Waals surface area (Å²) in [6.45, 7) is 15.4. The monoisotopic (exact) mass is 1110 g/mol. The van der Waals surface area contributed by atoms with Crippen LogP contribution in [0.4, 0.5) is 17.1 Å².